The highest BCUT2D eigenvalue weighted by molar-refractivity contribution is 5.27. The van der Waals surface area contributed by atoms with Crippen LogP contribution in [0.5, 0.6) is 5.75 Å². The molecule has 0 unspecified atom stereocenters. The molecule has 1 rings (SSSR count). The zero-order valence-electron chi connectivity index (χ0n) is 11.1. The number of hydrogen-bond acceptors (Lipinski definition) is 2. The first-order chi connectivity index (χ1) is 8.36. The van der Waals surface area contributed by atoms with E-state index in [1.807, 2.05) is 12.1 Å². The summed E-state index contributed by atoms with van der Waals surface area (Å²) in [5, 5.41) is 0. The monoisotopic (exact) mass is 236 g/mol. The van der Waals surface area contributed by atoms with Gasteiger partial charge in [-0.15, -0.1) is 0 Å². The summed E-state index contributed by atoms with van der Waals surface area (Å²) in [7, 11) is 1.69. The van der Waals surface area contributed by atoms with Crippen LogP contribution in [-0.4, -0.2) is 20.3 Å². The Kier molecular flexibility index (Phi) is 7.48. The summed E-state index contributed by atoms with van der Waals surface area (Å²) in [6.45, 7) is 3.94. The van der Waals surface area contributed by atoms with Crippen LogP contribution in [0.15, 0.2) is 24.3 Å². The number of rotatable bonds is 9. The van der Waals surface area contributed by atoms with E-state index in [1.165, 1.54) is 31.2 Å². The van der Waals surface area contributed by atoms with Crippen LogP contribution >= 0.6 is 0 Å². The van der Waals surface area contributed by atoms with Gasteiger partial charge in [-0.2, -0.15) is 0 Å². The molecule has 0 saturated heterocycles. The number of benzene rings is 1. The molecule has 0 aliphatic rings. The van der Waals surface area contributed by atoms with Crippen LogP contribution in [-0.2, 0) is 11.2 Å². The summed E-state index contributed by atoms with van der Waals surface area (Å²) in [6.07, 6.45) is 6.07. The van der Waals surface area contributed by atoms with E-state index >= 15 is 0 Å². The first-order valence-corrected chi connectivity index (χ1v) is 6.57. The number of ether oxygens (including phenoxy) is 2. The lowest BCUT2D eigenvalue weighted by Gasteiger charge is -2.05. The van der Waals surface area contributed by atoms with Gasteiger partial charge in [0.05, 0.1) is 13.7 Å². The van der Waals surface area contributed by atoms with Gasteiger partial charge in [0.15, 0.2) is 0 Å². The molecular formula is C15H24O2. The fourth-order valence-electron chi connectivity index (χ4n) is 1.72. The zero-order chi connectivity index (χ0) is 12.3. The van der Waals surface area contributed by atoms with Gasteiger partial charge in [0.2, 0.25) is 0 Å². The smallest absolute Gasteiger partial charge is 0.118 e. The van der Waals surface area contributed by atoms with E-state index in [2.05, 4.69) is 19.1 Å². The summed E-state index contributed by atoms with van der Waals surface area (Å²) in [5.74, 6) is 0.911. The second-order valence-corrected chi connectivity index (χ2v) is 4.27. The van der Waals surface area contributed by atoms with Gasteiger partial charge in [0, 0.05) is 6.61 Å². The molecule has 0 aromatic heterocycles. The maximum Gasteiger partial charge on any atom is 0.118 e. The minimum absolute atomic E-state index is 0.818. The molecular weight excluding hydrogens is 212 g/mol. The minimum Gasteiger partial charge on any atom is -0.497 e. The molecule has 0 heterocycles. The van der Waals surface area contributed by atoms with Crippen molar-refractivity contribution in [3.8, 4) is 5.75 Å². The molecule has 0 atom stereocenters. The summed E-state index contributed by atoms with van der Waals surface area (Å²) in [5.41, 5.74) is 1.30. The fraction of sp³-hybridized carbons (Fsp3) is 0.600. The summed E-state index contributed by atoms with van der Waals surface area (Å²) in [4.78, 5) is 0. The van der Waals surface area contributed by atoms with E-state index in [1.54, 1.807) is 7.11 Å². The first-order valence-electron chi connectivity index (χ1n) is 6.57. The standard InChI is InChI=1S/C15H24O2/c1-3-4-5-6-12-17-13-11-14-7-9-15(16-2)10-8-14/h7-10H,3-6,11-13H2,1-2H3. The highest BCUT2D eigenvalue weighted by Crippen LogP contribution is 2.11. The average molecular weight is 236 g/mol. The van der Waals surface area contributed by atoms with E-state index < -0.39 is 0 Å². The van der Waals surface area contributed by atoms with Crippen LogP contribution in [0.1, 0.15) is 38.2 Å². The van der Waals surface area contributed by atoms with Crippen molar-refractivity contribution >= 4 is 0 Å². The first kappa shape index (κ1) is 14.0. The summed E-state index contributed by atoms with van der Waals surface area (Å²) < 4.78 is 10.7. The third-order valence-electron chi connectivity index (χ3n) is 2.84. The Morgan fingerprint density at radius 1 is 0.941 bits per heavy atom. The van der Waals surface area contributed by atoms with Gasteiger partial charge in [-0.25, -0.2) is 0 Å². The third-order valence-corrected chi connectivity index (χ3v) is 2.84. The van der Waals surface area contributed by atoms with Crippen LogP contribution in [0.2, 0.25) is 0 Å². The Bertz CT molecular complexity index is 279. The Hall–Kier alpha value is -1.02. The number of hydrogen-bond donors (Lipinski definition) is 0. The lowest BCUT2D eigenvalue weighted by atomic mass is 10.1. The Morgan fingerprint density at radius 3 is 2.35 bits per heavy atom. The average Bonchev–Trinajstić information content (AvgIpc) is 2.38. The van der Waals surface area contributed by atoms with Crippen molar-refractivity contribution in [3.63, 3.8) is 0 Å². The van der Waals surface area contributed by atoms with Gasteiger partial charge < -0.3 is 9.47 Å². The van der Waals surface area contributed by atoms with E-state index in [9.17, 15) is 0 Å². The van der Waals surface area contributed by atoms with E-state index in [-0.39, 0.29) is 0 Å². The Balaban J connectivity index is 2.05. The molecule has 0 fully saturated rings. The second-order valence-electron chi connectivity index (χ2n) is 4.27. The lowest BCUT2D eigenvalue weighted by molar-refractivity contribution is 0.133. The largest absolute Gasteiger partial charge is 0.497 e. The SMILES string of the molecule is CCCCCCOCCc1ccc(OC)cc1. The molecule has 2 nitrogen and oxygen atoms in total. The van der Waals surface area contributed by atoms with Crippen molar-refractivity contribution in [2.45, 2.75) is 39.0 Å². The summed E-state index contributed by atoms with van der Waals surface area (Å²) >= 11 is 0. The normalized spacial score (nSPS) is 10.5. The molecule has 17 heavy (non-hydrogen) atoms. The van der Waals surface area contributed by atoms with Crippen molar-refractivity contribution in [1.29, 1.82) is 0 Å². The molecule has 0 amide bonds. The zero-order valence-corrected chi connectivity index (χ0v) is 11.1. The quantitative estimate of drug-likeness (QED) is 0.607. The molecule has 0 saturated carbocycles. The molecule has 0 aliphatic heterocycles. The van der Waals surface area contributed by atoms with Gasteiger partial charge in [-0.1, -0.05) is 38.3 Å². The molecule has 0 spiro atoms. The van der Waals surface area contributed by atoms with Crippen molar-refractivity contribution in [1.82, 2.24) is 0 Å². The Morgan fingerprint density at radius 2 is 1.71 bits per heavy atom. The van der Waals surface area contributed by atoms with Gasteiger partial charge in [0.25, 0.3) is 0 Å². The van der Waals surface area contributed by atoms with Crippen LogP contribution in [0.25, 0.3) is 0 Å². The highest BCUT2D eigenvalue weighted by atomic mass is 16.5. The second kappa shape index (κ2) is 9.06. The van der Waals surface area contributed by atoms with E-state index in [4.69, 9.17) is 9.47 Å². The molecule has 0 N–H and O–H groups in total. The van der Waals surface area contributed by atoms with Crippen LogP contribution < -0.4 is 4.74 Å². The highest BCUT2D eigenvalue weighted by Gasteiger charge is 1.95. The molecule has 2 heteroatoms. The van der Waals surface area contributed by atoms with Gasteiger partial charge >= 0.3 is 0 Å². The summed E-state index contributed by atoms with van der Waals surface area (Å²) in [6, 6.07) is 8.19. The van der Waals surface area contributed by atoms with Crippen molar-refractivity contribution in [2.75, 3.05) is 20.3 Å². The topological polar surface area (TPSA) is 18.5 Å². The number of methoxy groups -OCH3 is 1. The van der Waals surface area contributed by atoms with E-state index in [0.29, 0.717) is 0 Å². The van der Waals surface area contributed by atoms with Crippen LogP contribution in [0.4, 0.5) is 0 Å². The lowest BCUT2D eigenvalue weighted by Crippen LogP contribution is -2.00. The van der Waals surface area contributed by atoms with E-state index in [0.717, 1.165) is 25.4 Å². The minimum atomic E-state index is 0.818. The van der Waals surface area contributed by atoms with Crippen LogP contribution in [0.3, 0.4) is 0 Å². The molecule has 0 radical (unpaired) electrons. The molecule has 1 aromatic rings. The molecule has 0 aliphatic carbocycles. The number of unbranched alkanes of at least 4 members (excludes halogenated alkanes) is 3. The Labute approximate surface area is 105 Å². The van der Waals surface area contributed by atoms with Gasteiger partial charge in [-0.3, -0.25) is 0 Å². The maximum atomic E-state index is 5.61. The van der Waals surface area contributed by atoms with Gasteiger partial charge in [-0.05, 0) is 30.5 Å². The van der Waals surface area contributed by atoms with Crippen molar-refractivity contribution < 1.29 is 9.47 Å². The van der Waals surface area contributed by atoms with Gasteiger partial charge in [0.1, 0.15) is 5.75 Å². The maximum absolute atomic E-state index is 5.61. The molecule has 1 aromatic carbocycles. The predicted molar refractivity (Wildman–Crippen MR) is 71.7 cm³/mol. The predicted octanol–water partition coefficient (Wildman–Crippen LogP) is 3.83. The molecule has 0 bridgehead atoms. The fourth-order valence-corrected chi connectivity index (χ4v) is 1.72. The van der Waals surface area contributed by atoms with Crippen molar-refractivity contribution in [3.05, 3.63) is 29.8 Å². The van der Waals surface area contributed by atoms with Crippen LogP contribution in [0, 0.1) is 0 Å². The third kappa shape index (κ3) is 6.32. The van der Waals surface area contributed by atoms with Crippen molar-refractivity contribution in [2.24, 2.45) is 0 Å². The molecule has 96 valence electrons.